The average Bonchev–Trinajstić information content (AvgIpc) is 2.71. The van der Waals surface area contributed by atoms with Crippen molar-refractivity contribution in [3.05, 3.63) is 50.9 Å². The number of aromatic nitrogens is 1. The third-order valence-corrected chi connectivity index (χ3v) is 3.23. The summed E-state index contributed by atoms with van der Waals surface area (Å²) in [6.45, 7) is 0. The molecule has 0 saturated carbocycles. The van der Waals surface area contributed by atoms with Gasteiger partial charge >= 0.3 is 0 Å². The highest BCUT2D eigenvalue weighted by atomic mass is 79.9. The van der Waals surface area contributed by atoms with E-state index < -0.39 is 6.10 Å². The molecule has 1 N–H and O–H groups in total. The van der Waals surface area contributed by atoms with E-state index in [2.05, 4.69) is 20.9 Å². The van der Waals surface area contributed by atoms with Crippen LogP contribution in [0.4, 0.5) is 0 Å². The fourth-order valence-corrected chi connectivity index (χ4v) is 2.07. The van der Waals surface area contributed by atoms with Gasteiger partial charge in [0.25, 0.3) is 0 Å². The smallest absolute Gasteiger partial charge is 0.131 e. The highest BCUT2D eigenvalue weighted by Gasteiger charge is 2.11. The second-order valence-corrected chi connectivity index (χ2v) is 4.67. The zero-order valence-corrected chi connectivity index (χ0v) is 9.62. The molecular weight excluding hydrogens is 262 g/mol. The number of hydrogen-bond donors (Lipinski definition) is 1. The average molecular weight is 270 g/mol. The molecule has 0 amide bonds. The second-order valence-electron chi connectivity index (χ2n) is 2.82. The molecule has 14 heavy (non-hydrogen) atoms. The first-order valence-corrected chi connectivity index (χ1v) is 5.77. The summed E-state index contributed by atoms with van der Waals surface area (Å²) in [5.41, 5.74) is 0.864. The SMILES string of the molecule is OC(c1ccc(Br)cc1)c1nccs1. The van der Waals surface area contributed by atoms with Gasteiger partial charge in [-0.05, 0) is 17.7 Å². The minimum absolute atomic E-state index is 0.608. The molecule has 0 aliphatic carbocycles. The Labute approximate surface area is 94.4 Å². The van der Waals surface area contributed by atoms with E-state index in [0.29, 0.717) is 0 Å². The van der Waals surface area contributed by atoms with Gasteiger partial charge in [0, 0.05) is 16.0 Å². The van der Waals surface area contributed by atoms with Crippen LogP contribution in [0.1, 0.15) is 16.7 Å². The predicted octanol–water partition coefficient (Wildman–Crippen LogP) is 2.99. The predicted molar refractivity (Wildman–Crippen MR) is 60.3 cm³/mol. The van der Waals surface area contributed by atoms with E-state index in [1.165, 1.54) is 11.3 Å². The van der Waals surface area contributed by atoms with Gasteiger partial charge in [-0.25, -0.2) is 4.98 Å². The van der Waals surface area contributed by atoms with Crippen molar-refractivity contribution in [2.45, 2.75) is 6.10 Å². The first-order valence-electron chi connectivity index (χ1n) is 4.10. The number of nitrogens with zero attached hydrogens (tertiary/aromatic N) is 1. The van der Waals surface area contributed by atoms with Crippen LogP contribution < -0.4 is 0 Å². The summed E-state index contributed by atoms with van der Waals surface area (Å²) >= 11 is 4.81. The number of rotatable bonds is 2. The quantitative estimate of drug-likeness (QED) is 0.910. The van der Waals surface area contributed by atoms with Crippen molar-refractivity contribution >= 4 is 27.3 Å². The van der Waals surface area contributed by atoms with E-state index in [9.17, 15) is 5.11 Å². The maximum atomic E-state index is 9.90. The fourth-order valence-electron chi connectivity index (χ4n) is 1.16. The third-order valence-electron chi connectivity index (χ3n) is 1.87. The Morgan fingerprint density at radius 2 is 2.00 bits per heavy atom. The van der Waals surface area contributed by atoms with Crippen LogP contribution in [0.25, 0.3) is 0 Å². The van der Waals surface area contributed by atoms with Crippen molar-refractivity contribution in [2.24, 2.45) is 0 Å². The van der Waals surface area contributed by atoms with Crippen molar-refractivity contribution in [1.82, 2.24) is 4.98 Å². The van der Waals surface area contributed by atoms with E-state index in [-0.39, 0.29) is 0 Å². The summed E-state index contributed by atoms with van der Waals surface area (Å²) < 4.78 is 1.01. The molecule has 0 aliphatic rings. The number of aliphatic hydroxyl groups is 1. The van der Waals surface area contributed by atoms with Crippen LogP contribution in [0.2, 0.25) is 0 Å². The molecule has 0 bridgehead atoms. The largest absolute Gasteiger partial charge is 0.381 e. The Hall–Kier alpha value is -0.710. The molecule has 1 atom stereocenters. The number of benzene rings is 1. The minimum atomic E-state index is -0.608. The van der Waals surface area contributed by atoms with Crippen LogP contribution >= 0.6 is 27.3 Å². The Morgan fingerprint density at radius 1 is 1.29 bits per heavy atom. The molecule has 2 rings (SSSR count). The maximum Gasteiger partial charge on any atom is 0.131 e. The number of aliphatic hydroxyl groups excluding tert-OH is 1. The summed E-state index contributed by atoms with van der Waals surface area (Å²) in [4.78, 5) is 4.07. The van der Waals surface area contributed by atoms with Crippen molar-refractivity contribution < 1.29 is 5.11 Å². The molecular formula is C10H8BrNOS. The Balaban J connectivity index is 2.28. The molecule has 2 nitrogen and oxygen atoms in total. The number of halogens is 1. The molecule has 4 heteroatoms. The van der Waals surface area contributed by atoms with Gasteiger partial charge in [-0.2, -0.15) is 0 Å². The lowest BCUT2D eigenvalue weighted by Crippen LogP contribution is -1.97. The molecule has 0 aliphatic heterocycles. The van der Waals surface area contributed by atoms with E-state index in [1.807, 2.05) is 29.6 Å². The van der Waals surface area contributed by atoms with Crippen LogP contribution in [-0.4, -0.2) is 10.1 Å². The fraction of sp³-hybridized carbons (Fsp3) is 0.100. The lowest BCUT2D eigenvalue weighted by atomic mass is 10.1. The van der Waals surface area contributed by atoms with Gasteiger partial charge in [-0.1, -0.05) is 28.1 Å². The van der Waals surface area contributed by atoms with Crippen LogP contribution in [0.5, 0.6) is 0 Å². The molecule has 1 aromatic carbocycles. The van der Waals surface area contributed by atoms with Crippen molar-refractivity contribution in [2.75, 3.05) is 0 Å². The molecule has 0 fully saturated rings. The molecule has 1 heterocycles. The zero-order chi connectivity index (χ0) is 9.97. The molecule has 72 valence electrons. The lowest BCUT2D eigenvalue weighted by Gasteiger charge is -2.07. The molecule has 0 spiro atoms. The van der Waals surface area contributed by atoms with Gasteiger partial charge in [-0.15, -0.1) is 11.3 Å². The van der Waals surface area contributed by atoms with Gasteiger partial charge in [0.05, 0.1) is 0 Å². The Kier molecular flexibility index (Phi) is 2.96. The molecule has 1 unspecified atom stereocenters. The highest BCUT2D eigenvalue weighted by molar-refractivity contribution is 9.10. The third kappa shape index (κ3) is 2.03. The summed E-state index contributed by atoms with van der Waals surface area (Å²) in [5.74, 6) is 0. The molecule has 1 aromatic heterocycles. The topological polar surface area (TPSA) is 33.1 Å². The van der Waals surface area contributed by atoms with Crippen LogP contribution in [0.3, 0.4) is 0 Å². The Bertz CT molecular complexity index is 399. The monoisotopic (exact) mass is 269 g/mol. The summed E-state index contributed by atoms with van der Waals surface area (Å²) in [6, 6.07) is 7.59. The van der Waals surface area contributed by atoms with Crippen molar-refractivity contribution in [3.63, 3.8) is 0 Å². The molecule has 0 saturated heterocycles. The highest BCUT2D eigenvalue weighted by Crippen LogP contribution is 2.24. The number of hydrogen-bond acceptors (Lipinski definition) is 3. The standard InChI is InChI=1S/C10H8BrNOS/c11-8-3-1-7(2-4-8)9(13)10-12-5-6-14-10/h1-6,9,13H. The zero-order valence-electron chi connectivity index (χ0n) is 7.22. The molecule has 0 radical (unpaired) electrons. The molecule has 2 aromatic rings. The van der Waals surface area contributed by atoms with Crippen molar-refractivity contribution in [3.8, 4) is 0 Å². The summed E-state index contributed by atoms with van der Waals surface area (Å²) in [6.07, 6.45) is 1.09. The van der Waals surface area contributed by atoms with Crippen molar-refractivity contribution in [1.29, 1.82) is 0 Å². The lowest BCUT2D eigenvalue weighted by molar-refractivity contribution is 0.220. The van der Waals surface area contributed by atoms with Gasteiger partial charge in [0.1, 0.15) is 11.1 Å². The normalized spacial score (nSPS) is 12.7. The summed E-state index contributed by atoms with van der Waals surface area (Å²) in [5, 5.41) is 12.5. The van der Waals surface area contributed by atoms with Gasteiger partial charge in [0.2, 0.25) is 0 Å². The minimum Gasteiger partial charge on any atom is -0.381 e. The Morgan fingerprint density at radius 3 is 2.57 bits per heavy atom. The second kappa shape index (κ2) is 4.21. The van der Waals surface area contributed by atoms with Crippen LogP contribution in [0, 0.1) is 0 Å². The van der Waals surface area contributed by atoms with E-state index in [4.69, 9.17) is 0 Å². The van der Waals surface area contributed by atoms with Crippen LogP contribution in [-0.2, 0) is 0 Å². The first kappa shape index (κ1) is 9.83. The van der Waals surface area contributed by atoms with E-state index >= 15 is 0 Å². The van der Waals surface area contributed by atoms with Gasteiger partial charge < -0.3 is 5.11 Å². The van der Waals surface area contributed by atoms with Crippen LogP contribution in [0.15, 0.2) is 40.3 Å². The maximum absolute atomic E-state index is 9.90. The van der Waals surface area contributed by atoms with Gasteiger partial charge in [0.15, 0.2) is 0 Å². The van der Waals surface area contributed by atoms with Gasteiger partial charge in [-0.3, -0.25) is 0 Å². The van der Waals surface area contributed by atoms with E-state index in [1.54, 1.807) is 6.20 Å². The van der Waals surface area contributed by atoms with E-state index in [0.717, 1.165) is 15.0 Å². The summed E-state index contributed by atoms with van der Waals surface area (Å²) in [7, 11) is 0. The first-order chi connectivity index (χ1) is 6.77. The number of thiazole rings is 1.